The summed E-state index contributed by atoms with van der Waals surface area (Å²) >= 11 is 0. The maximum atomic E-state index is 9.19. The Balaban J connectivity index is 2.53. The lowest BCUT2D eigenvalue weighted by Crippen LogP contribution is -2.31. The smallest absolute Gasteiger partial charge is 0.423 e. The monoisotopic (exact) mass is 199 g/mol. The largest absolute Gasteiger partial charge is 0.489 e. The molecule has 2 N–H and O–H groups in total. The van der Waals surface area contributed by atoms with E-state index in [0.29, 0.717) is 5.46 Å². The van der Waals surface area contributed by atoms with Gasteiger partial charge in [-0.3, -0.25) is 4.98 Å². The van der Waals surface area contributed by atoms with Gasteiger partial charge in [0.1, 0.15) is 0 Å². The van der Waals surface area contributed by atoms with Crippen molar-refractivity contribution in [1.29, 1.82) is 0 Å². The average molecular weight is 199 g/mol. The molecule has 0 aliphatic rings. The number of aromatic nitrogens is 1. The summed E-state index contributed by atoms with van der Waals surface area (Å²) in [5.41, 5.74) is 1.95. The molecule has 1 aromatic carbocycles. The fourth-order valence-electron chi connectivity index (χ4n) is 1.48. The first kappa shape index (κ1) is 9.89. The minimum absolute atomic E-state index is 0.469. The molecule has 1 heterocycles. The van der Waals surface area contributed by atoms with Crippen molar-refractivity contribution in [1.82, 2.24) is 4.98 Å². The minimum Gasteiger partial charge on any atom is -0.423 e. The van der Waals surface area contributed by atoms with Crippen LogP contribution in [0.2, 0.25) is 0 Å². The summed E-state index contributed by atoms with van der Waals surface area (Å²) in [6.45, 7) is 0. The highest BCUT2D eigenvalue weighted by Gasteiger charge is 2.16. The van der Waals surface area contributed by atoms with Gasteiger partial charge in [0.2, 0.25) is 0 Å². The third-order valence-corrected chi connectivity index (χ3v) is 2.18. The Morgan fingerprint density at radius 2 is 1.67 bits per heavy atom. The minimum atomic E-state index is -1.47. The molecular weight excluding hydrogens is 189 g/mol. The highest BCUT2D eigenvalue weighted by molar-refractivity contribution is 6.60. The number of benzene rings is 1. The van der Waals surface area contributed by atoms with Crippen molar-refractivity contribution in [3.05, 3.63) is 48.7 Å². The normalized spacial score (nSPS) is 10.0. The molecule has 0 radical (unpaired) electrons. The number of hydrogen-bond acceptors (Lipinski definition) is 3. The molecule has 0 amide bonds. The summed E-state index contributed by atoms with van der Waals surface area (Å²) in [7, 11) is -1.47. The number of hydrogen-bond donors (Lipinski definition) is 2. The number of rotatable bonds is 2. The van der Waals surface area contributed by atoms with E-state index in [0.717, 1.165) is 11.3 Å². The van der Waals surface area contributed by atoms with Gasteiger partial charge in [0.15, 0.2) is 0 Å². The van der Waals surface area contributed by atoms with E-state index in [1.165, 1.54) is 0 Å². The van der Waals surface area contributed by atoms with Crippen molar-refractivity contribution >= 4 is 12.6 Å². The van der Waals surface area contributed by atoms with Crippen LogP contribution in [0.3, 0.4) is 0 Å². The molecule has 0 aliphatic carbocycles. The van der Waals surface area contributed by atoms with Gasteiger partial charge >= 0.3 is 7.12 Å². The Labute approximate surface area is 88.2 Å². The van der Waals surface area contributed by atoms with Gasteiger partial charge in [0.25, 0.3) is 0 Å². The fourth-order valence-corrected chi connectivity index (χ4v) is 1.48. The molecule has 3 nitrogen and oxygen atoms in total. The molecule has 2 aromatic rings. The summed E-state index contributed by atoms with van der Waals surface area (Å²) in [5, 5.41) is 18.4. The van der Waals surface area contributed by atoms with Crippen LogP contribution in [0.25, 0.3) is 11.3 Å². The van der Waals surface area contributed by atoms with Gasteiger partial charge in [0.05, 0.1) is 5.69 Å². The lowest BCUT2D eigenvalue weighted by Gasteiger charge is -2.07. The molecular formula is C11H10BNO2. The molecule has 0 fully saturated rings. The van der Waals surface area contributed by atoms with Gasteiger partial charge in [0, 0.05) is 6.20 Å². The van der Waals surface area contributed by atoms with E-state index in [2.05, 4.69) is 4.98 Å². The van der Waals surface area contributed by atoms with Crippen LogP contribution in [0.15, 0.2) is 48.7 Å². The van der Waals surface area contributed by atoms with E-state index in [1.54, 1.807) is 18.3 Å². The summed E-state index contributed by atoms with van der Waals surface area (Å²) in [6, 6.07) is 12.6. The molecule has 2 rings (SSSR count). The first-order chi connectivity index (χ1) is 7.29. The van der Waals surface area contributed by atoms with Gasteiger partial charge < -0.3 is 10.0 Å². The van der Waals surface area contributed by atoms with E-state index in [4.69, 9.17) is 0 Å². The Bertz CT molecular complexity index is 445. The fraction of sp³-hybridized carbons (Fsp3) is 0. The Morgan fingerprint density at radius 3 is 2.33 bits per heavy atom. The van der Waals surface area contributed by atoms with E-state index < -0.39 is 7.12 Å². The molecule has 4 heteroatoms. The molecule has 1 aromatic heterocycles. The molecule has 0 atom stereocenters. The van der Waals surface area contributed by atoms with Gasteiger partial charge in [-0.2, -0.15) is 0 Å². The van der Waals surface area contributed by atoms with Crippen molar-refractivity contribution in [2.75, 3.05) is 0 Å². The number of pyridine rings is 1. The van der Waals surface area contributed by atoms with E-state index in [9.17, 15) is 10.0 Å². The molecule has 15 heavy (non-hydrogen) atoms. The van der Waals surface area contributed by atoms with E-state index >= 15 is 0 Å². The van der Waals surface area contributed by atoms with Crippen LogP contribution in [0.4, 0.5) is 0 Å². The zero-order valence-electron chi connectivity index (χ0n) is 8.04. The molecule has 74 valence electrons. The average Bonchev–Trinajstić information content (AvgIpc) is 2.30. The third-order valence-electron chi connectivity index (χ3n) is 2.18. The highest BCUT2D eigenvalue weighted by Crippen LogP contribution is 2.13. The maximum Gasteiger partial charge on any atom is 0.489 e. The first-order valence-corrected chi connectivity index (χ1v) is 4.65. The Kier molecular flexibility index (Phi) is 2.80. The first-order valence-electron chi connectivity index (χ1n) is 4.65. The zero-order valence-corrected chi connectivity index (χ0v) is 8.04. The van der Waals surface area contributed by atoms with Crippen LogP contribution in [-0.2, 0) is 0 Å². The lowest BCUT2D eigenvalue weighted by atomic mass is 9.76. The standard InChI is InChI=1S/C11H10BNO2/c14-12(15)10-6-2-1-5-9(10)11-7-3-4-8-13-11/h1-8,14-15H. The third kappa shape index (κ3) is 2.06. The lowest BCUT2D eigenvalue weighted by molar-refractivity contribution is 0.426. The molecule has 0 saturated carbocycles. The van der Waals surface area contributed by atoms with E-state index in [1.807, 2.05) is 30.3 Å². The quantitative estimate of drug-likeness (QED) is 0.689. The second-order valence-corrected chi connectivity index (χ2v) is 3.18. The SMILES string of the molecule is OB(O)c1ccccc1-c1ccccn1. The predicted octanol–water partition coefficient (Wildman–Crippen LogP) is 0.428. The van der Waals surface area contributed by atoms with Gasteiger partial charge in [-0.25, -0.2) is 0 Å². The maximum absolute atomic E-state index is 9.19. The van der Waals surface area contributed by atoms with Gasteiger partial charge in [-0.15, -0.1) is 0 Å². The van der Waals surface area contributed by atoms with Crippen molar-refractivity contribution in [2.45, 2.75) is 0 Å². The molecule has 0 bridgehead atoms. The van der Waals surface area contributed by atoms with Crippen LogP contribution in [-0.4, -0.2) is 22.2 Å². The summed E-state index contributed by atoms with van der Waals surface area (Å²) in [4.78, 5) is 4.17. The predicted molar refractivity (Wildman–Crippen MR) is 59.5 cm³/mol. The van der Waals surface area contributed by atoms with Crippen LogP contribution >= 0.6 is 0 Å². The highest BCUT2D eigenvalue weighted by atomic mass is 16.4. The van der Waals surface area contributed by atoms with Gasteiger partial charge in [-0.1, -0.05) is 30.3 Å². The molecule has 0 aliphatic heterocycles. The summed E-state index contributed by atoms with van der Waals surface area (Å²) in [6.07, 6.45) is 1.68. The summed E-state index contributed by atoms with van der Waals surface area (Å²) < 4.78 is 0. The Morgan fingerprint density at radius 1 is 0.933 bits per heavy atom. The van der Waals surface area contributed by atoms with E-state index in [-0.39, 0.29) is 0 Å². The van der Waals surface area contributed by atoms with Crippen molar-refractivity contribution in [3.63, 3.8) is 0 Å². The van der Waals surface area contributed by atoms with Crippen LogP contribution in [0, 0.1) is 0 Å². The topological polar surface area (TPSA) is 53.4 Å². The second-order valence-electron chi connectivity index (χ2n) is 3.18. The zero-order chi connectivity index (χ0) is 10.7. The van der Waals surface area contributed by atoms with Crippen molar-refractivity contribution in [2.24, 2.45) is 0 Å². The van der Waals surface area contributed by atoms with Crippen LogP contribution < -0.4 is 5.46 Å². The summed E-state index contributed by atoms with van der Waals surface area (Å²) in [5.74, 6) is 0. The second kappa shape index (κ2) is 4.25. The molecule has 0 saturated heterocycles. The van der Waals surface area contributed by atoms with Crippen LogP contribution in [0.1, 0.15) is 0 Å². The molecule has 0 unspecified atom stereocenters. The van der Waals surface area contributed by atoms with Crippen molar-refractivity contribution in [3.8, 4) is 11.3 Å². The Hall–Kier alpha value is -1.65. The van der Waals surface area contributed by atoms with Crippen LogP contribution in [0.5, 0.6) is 0 Å². The molecule has 0 spiro atoms. The number of nitrogens with zero attached hydrogens (tertiary/aromatic N) is 1. The van der Waals surface area contributed by atoms with Crippen molar-refractivity contribution < 1.29 is 10.0 Å². The van der Waals surface area contributed by atoms with Gasteiger partial charge in [-0.05, 0) is 23.2 Å².